The van der Waals surface area contributed by atoms with Crippen LogP contribution in [0.15, 0.2) is 30.3 Å². The van der Waals surface area contributed by atoms with Crippen LogP contribution in [0, 0.1) is 5.92 Å². The van der Waals surface area contributed by atoms with Crippen molar-refractivity contribution in [2.75, 3.05) is 5.73 Å². The molecule has 0 aliphatic rings. The van der Waals surface area contributed by atoms with E-state index < -0.39 is 0 Å². The van der Waals surface area contributed by atoms with Crippen molar-refractivity contribution in [3.8, 4) is 0 Å². The number of anilines is 1. The van der Waals surface area contributed by atoms with Crippen LogP contribution in [0.1, 0.15) is 45.6 Å². The van der Waals surface area contributed by atoms with E-state index in [1.807, 2.05) is 24.3 Å². The van der Waals surface area contributed by atoms with Crippen molar-refractivity contribution in [3.05, 3.63) is 35.9 Å². The van der Waals surface area contributed by atoms with E-state index in [-0.39, 0.29) is 11.9 Å². The smallest absolute Gasteiger partial charge is 0.244 e. The fraction of sp³-hybridized carbons (Fsp3) is 0.471. The third kappa shape index (κ3) is 6.98. The SMILES string of the molecule is CC(C)CCCC(C)NC(=O)/C=C/c1ccc(N)cc1. The van der Waals surface area contributed by atoms with Gasteiger partial charge in [-0.1, -0.05) is 38.8 Å². The van der Waals surface area contributed by atoms with Crippen LogP contribution in [0.4, 0.5) is 5.69 Å². The van der Waals surface area contributed by atoms with Gasteiger partial charge in [-0.05, 0) is 43.0 Å². The molecule has 20 heavy (non-hydrogen) atoms. The van der Waals surface area contributed by atoms with Gasteiger partial charge >= 0.3 is 0 Å². The van der Waals surface area contributed by atoms with E-state index in [2.05, 4.69) is 26.1 Å². The first kappa shape index (κ1) is 16.3. The molecule has 0 saturated heterocycles. The molecule has 1 aromatic rings. The summed E-state index contributed by atoms with van der Waals surface area (Å²) < 4.78 is 0. The van der Waals surface area contributed by atoms with Gasteiger partial charge in [0, 0.05) is 17.8 Å². The van der Waals surface area contributed by atoms with Gasteiger partial charge in [-0.3, -0.25) is 4.79 Å². The van der Waals surface area contributed by atoms with Gasteiger partial charge in [0.05, 0.1) is 0 Å². The fourth-order valence-electron chi connectivity index (χ4n) is 1.97. The minimum atomic E-state index is -0.0427. The molecule has 1 unspecified atom stereocenters. The highest BCUT2D eigenvalue weighted by atomic mass is 16.1. The van der Waals surface area contributed by atoms with Gasteiger partial charge in [0.2, 0.25) is 5.91 Å². The summed E-state index contributed by atoms with van der Waals surface area (Å²) in [7, 11) is 0. The summed E-state index contributed by atoms with van der Waals surface area (Å²) in [5.74, 6) is 0.683. The van der Waals surface area contributed by atoms with Crippen molar-refractivity contribution in [1.82, 2.24) is 5.32 Å². The quantitative estimate of drug-likeness (QED) is 0.589. The van der Waals surface area contributed by atoms with E-state index >= 15 is 0 Å². The topological polar surface area (TPSA) is 55.1 Å². The molecule has 0 fully saturated rings. The van der Waals surface area contributed by atoms with Crippen LogP contribution in [0.3, 0.4) is 0 Å². The molecular weight excluding hydrogens is 248 g/mol. The molecule has 0 spiro atoms. The van der Waals surface area contributed by atoms with E-state index in [1.54, 1.807) is 12.2 Å². The first-order valence-electron chi connectivity index (χ1n) is 7.31. The Kier molecular flexibility index (Phi) is 6.85. The van der Waals surface area contributed by atoms with E-state index in [0.29, 0.717) is 0 Å². The number of nitrogens with two attached hydrogens (primary N) is 1. The maximum atomic E-state index is 11.8. The molecule has 0 aromatic heterocycles. The van der Waals surface area contributed by atoms with E-state index in [1.165, 1.54) is 6.42 Å². The zero-order valence-electron chi connectivity index (χ0n) is 12.7. The molecule has 3 N–H and O–H groups in total. The van der Waals surface area contributed by atoms with Gasteiger partial charge < -0.3 is 11.1 Å². The van der Waals surface area contributed by atoms with Gasteiger partial charge in [-0.2, -0.15) is 0 Å². The molecule has 0 radical (unpaired) electrons. The summed E-state index contributed by atoms with van der Waals surface area (Å²) in [5.41, 5.74) is 7.31. The summed E-state index contributed by atoms with van der Waals surface area (Å²) in [5, 5.41) is 2.98. The van der Waals surface area contributed by atoms with E-state index in [9.17, 15) is 4.79 Å². The normalized spacial score (nSPS) is 12.8. The molecule has 0 aliphatic heterocycles. The molecule has 3 heteroatoms. The van der Waals surface area contributed by atoms with Crippen molar-refractivity contribution in [3.63, 3.8) is 0 Å². The number of nitrogen functional groups attached to an aromatic ring is 1. The van der Waals surface area contributed by atoms with Gasteiger partial charge in [-0.25, -0.2) is 0 Å². The number of nitrogens with one attached hydrogen (secondary N) is 1. The molecular formula is C17H26N2O. The molecule has 1 aromatic carbocycles. The monoisotopic (exact) mass is 274 g/mol. The Hall–Kier alpha value is -1.77. The molecule has 0 bridgehead atoms. The van der Waals surface area contributed by atoms with Crippen molar-refractivity contribution in [2.45, 2.75) is 46.1 Å². The number of hydrogen-bond acceptors (Lipinski definition) is 2. The number of benzene rings is 1. The van der Waals surface area contributed by atoms with Gasteiger partial charge in [0.15, 0.2) is 0 Å². The highest BCUT2D eigenvalue weighted by Gasteiger charge is 2.05. The number of carbonyl (C=O) groups excluding carboxylic acids is 1. The van der Waals surface area contributed by atoms with Crippen LogP contribution in [0.25, 0.3) is 6.08 Å². The largest absolute Gasteiger partial charge is 0.399 e. The van der Waals surface area contributed by atoms with Crippen LogP contribution in [0.5, 0.6) is 0 Å². The fourth-order valence-corrected chi connectivity index (χ4v) is 1.97. The molecule has 3 nitrogen and oxygen atoms in total. The molecule has 0 heterocycles. The Balaban J connectivity index is 2.33. The molecule has 1 amide bonds. The first-order chi connectivity index (χ1) is 9.47. The van der Waals surface area contributed by atoms with Crippen LogP contribution in [-0.2, 0) is 4.79 Å². The lowest BCUT2D eigenvalue weighted by Crippen LogP contribution is -2.31. The predicted octanol–water partition coefficient (Wildman–Crippen LogP) is 3.61. The van der Waals surface area contributed by atoms with Gasteiger partial charge in [0.25, 0.3) is 0 Å². The highest BCUT2D eigenvalue weighted by Crippen LogP contribution is 2.09. The van der Waals surface area contributed by atoms with Crippen molar-refractivity contribution < 1.29 is 4.79 Å². The Morgan fingerprint density at radius 2 is 1.85 bits per heavy atom. The van der Waals surface area contributed by atoms with Crippen LogP contribution in [-0.4, -0.2) is 11.9 Å². The number of carbonyl (C=O) groups is 1. The number of amides is 1. The van der Waals surface area contributed by atoms with Crippen LogP contribution < -0.4 is 11.1 Å². The number of rotatable bonds is 7. The third-order valence-electron chi connectivity index (χ3n) is 3.17. The van der Waals surface area contributed by atoms with Crippen molar-refractivity contribution in [2.24, 2.45) is 5.92 Å². The Morgan fingerprint density at radius 1 is 1.20 bits per heavy atom. The lowest BCUT2D eigenvalue weighted by atomic mass is 10.0. The lowest BCUT2D eigenvalue weighted by molar-refractivity contribution is -0.117. The molecule has 0 aliphatic carbocycles. The average Bonchev–Trinajstić information content (AvgIpc) is 2.37. The molecule has 1 rings (SSSR count). The maximum absolute atomic E-state index is 11.8. The molecule has 110 valence electrons. The number of hydrogen-bond donors (Lipinski definition) is 2. The van der Waals surface area contributed by atoms with Crippen molar-refractivity contribution >= 4 is 17.7 Å². The lowest BCUT2D eigenvalue weighted by Gasteiger charge is -2.13. The summed E-state index contributed by atoms with van der Waals surface area (Å²) in [4.78, 5) is 11.8. The first-order valence-corrected chi connectivity index (χ1v) is 7.31. The zero-order valence-corrected chi connectivity index (χ0v) is 12.7. The summed E-state index contributed by atoms with van der Waals surface area (Å²) in [6, 6.07) is 7.66. The summed E-state index contributed by atoms with van der Waals surface area (Å²) in [6.45, 7) is 6.49. The Labute approximate surface area is 122 Å². The summed E-state index contributed by atoms with van der Waals surface area (Å²) in [6.07, 6.45) is 6.77. The van der Waals surface area contributed by atoms with E-state index in [0.717, 1.165) is 30.0 Å². The standard InChI is InChI=1S/C17H26N2O/c1-13(2)5-4-6-14(3)19-17(20)12-9-15-7-10-16(18)11-8-15/h7-14H,4-6,18H2,1-3H3,(H,19,20)/b12-9+. The minimum absolute atomic E-state index is 0.0427. The maximum Gasteiger partial charge on any atom is 0.244 e. The second-order valence-electron chi connectivity index (χ2n) is 5.73. The van der Waals surface area contributed by atoms with Gasteiger partial charge in [0.1, 0.15) is 0 Å². The van der Waals surface area contributed by atoms with Crippen LogP contribution >= 0.6 is 0 Å². The van der Waals surface area contributed by atoms with Gasteiger partial charge in [-0.15, -0.1) is 0 Å². The summed E-state index contributed by atoms with van der Waals surface area (Å²) >= 11 is 0. The Bertz CT molecular complexity index is 435. The minimum Gasteiger partial charge on any atom is -0.399 e. The van der Waals surface area contributed by atoms with Crippen LogP contribution in [0.2, 0.25) is 0 Å². The average molecular weight is 274 g/mol. The molecule has 1 atom stereocenters. The van der Waals surface area contributed by atoms with E-state index in [4.69, 9.17) is 5.73 Å². The zero-order chi connectivity index (χ0) is 15.0. The molecule has 0 saturated carbocycles. The highest BCUT2D eigenvalue weighted by molar-refractivity contribution is 5.91. The second-order valence-corrected chi connectivity index (χ2v) is 5.73. The predicted molar refractivity (Wildman–Crippen MR) is 86.2 cm³/mol. The third-order valence-corrected chi connectivity index (χ3v) is 3.17. The second kappa shape index (κ2) is 8.41. The Morgan fingerprint density at radius 3 is 2.45 bits per heavy atom. The van der Waals surface area contributed by atoms with Crippen molar-refractivity contribution in [1.29, 1.82) is 0 Å².